The van der Waals surface area contributed by atoms with Gasteiger partial charge in [-0.1, -0.05) is 55.0 Å². The Hall–Kier alpha value is -1.80. The molecule has 1 aliphatic heterocycles. The third-order valence-corrected chi connectivity index (χ3v) is 4.19. The molecular formula is C19H23NO. The fourth-order valence-corrected chi connectivity index (χ4v) is 2.94. The number of benzene rings is 2. The quantitative estimate of drug-likeness (QED) is 0.893. The third-order valence-electron chi connectivity index (χ3n) is 4.19. The zero-order valence-electron chi connectivity index (χ0n) is 12.8. The number of nitrogens with one attached hydrogen (secondary N) is 1. The minimum atomic E-state index is 0.252. The van der Waals surface area contributed by atoms with Crippen LogP contribution in [0.15, 0.2) is 48.5 Å². The monoisotopic (exact) mass is 281 g/mol. The van der Waals surface area contributed by atoms with Crippen molar-refractivity contribution in [3.63, 3.8) is 0 Å². The predicted molar refractivity (Wildman–Crippen MR) is 86.8 cm³/mol. The van der Waals surface area contributed by atoms with E-state index in [1.165, 1.54) is 16.7 Å². The van der Waals surface area contributed by atoms with Gasteiger partial charge in [0, 0.05) is 19.0 Å². The molecule has 0 fully saturated rings. The van der Waals surface area contributed by atoms with Gasteiger partial charge >= 0.3 is 0 Å². The van der Waals surface area contributed by atoms with Crippen molar-refractivity contribution in [3.05, 3.63) is 65.2 Å². The van der Waals surface area contributed by atoms with Crippen molar-refractivity contribution in [2.75, 3.05) is 6.54 Å². The van der Waals surface area contributed by atoms with Crippen molar-refractivity contribution in [2.24, 2.45) is 0 Å². The van der Waals surface area contributed by atoms with Crippen LogP contribution in [0.4, 0.5) is 0 Å². The molecule has 2 aromatic rings. The lowest BCUT2D eigenvalue weighted by Crippen LogP contribution is -2.32. The average Bonchev–Trinajstić information content (AvgIpc) is 2.92. The maximum atomic E-state index is 5.99. The van der Waals surface area contributed by atoms with E-state index in [1.807, 2.05) is 6.07 Å². The fraction of sp³-hybridized carbons (Fsp3) is 0.368. The predicted octanol–water partition coefficient (Wildman–Crippen LogP) is 4.04. The standard InChI is InChI=1S/C19H23NO/c1-3-18(15-10-8-14(2)9-11-15)20-13-17-12-16-6-4-5-7-19(16)21-17/h4-11,17-18,20H,3,12-13H2,1-2H3. The Morgan fingerprint density at radius 2 is 1.90 bits per heavy atom. The summed E-state index contributed by atoms with van der Waals surface area (Å²) in [6, 6.07) is 17.6. The van der Waals surface area contributed by atoms with Gasteiger partial charge in [0.05, 0.1) is 0 Å². The Kier molecular flexibility index (Phi) is 4.26. The summed E-state index contributed by atoms with van der Waals surface area (Å²) in [5, 5.41) is 3.66. The van der Waals surface area contributed by atoms with Gasteiger partial charge < -0.3 is 10.1 Å². The van der Waals surface area contributed by atoms with Crippen LogP contribution in [0.1, 0.15) is 36.1 Å². The van der Waals surface area contributed by atoms with E-state index in [4.69, 9.17) is 4.74 Å². The van der Waals surface area contributed by atoms with Gasteiger partial charge in [0.1, 0.15) is 11.9 Å². The largest absolute Gasteiger partial charge is 0.488 e. The second-order valence-corrected chi connectivity index (χ2v) is 5.83. The first-order valence-corrected chi connectivity index (χ1v) is 7.80. The first-order valence-electron chi connectivity index (χ1n) is 7.80. The zero-order chi connectivity index (χ0) is 14.7. The molecule has 2 aromatic carbocycles. The number of aryl methyl sites for hydroxylation is 1. The van der Waals surface area contributed by atoms with Crippen molar-refractivity contribution in [3.8, 4) is 5.75 Å². The highest BCUT2D eigenvalue weighted by atomic mass is 16.5. The van der Waals surface area contributed by atoms with Crippen molar-refractivity contribution in [1.29, 1.82) is 0 Å². The molecule has 1 N–H and O–H groups in total. The summed E-state index contributed by atoms with van der Waals surface area (Å²) >= 11 is 0. The van der Waals surface area contributed by atoms with Crippen LogP contribution < -0.4 is 10.1 Å². The third kappa shape index (κ3) is 3.27. The number of hydrogen-bond donors (Lipinski definition) is 1. The van der Waals surface area contributed by atoms with Crippen molar-refractivity contribution < 1.29 is 4.74 Å². The first-order chi connectivity index (χ1) is 10.3. The molecule has 1 aliphatic rings. The van der Waals surface area contributed by atoms with Crippen LogP contribution in [-0.4, -0.2) is 12.6 Å². The summed E-state index contributed by atoms with van der Waals surface area (Å²) in [6.07, 6.45) is 2.35. The van der Waals surface area contributed by atoms with Gasteiger partial charge in [-0.25, -0.2) is 0 Å². The molecule has 3 rings (SSSR count). The molecule has 2 nitrogen and oxygen atoms in total. The summed E-state index contributed by atoms with van der Waals surface area (Å²) in [5.74, 6) is 1.05. The Morgan fingerprint density at radius 1 is 1.14 bits per heavy atom. The van der Waals surface area contributed by atoms with Gasteiger partial charge in [0.25, 0.3) is 0 Å². The molecule has 0 amide bonds. The lowest BCUT2D eigenvalue weighted by molar-refractivity contribution is 0.220. The molecule has 0 bridgehead atoms. The summed E-state index contributed by atoms with van der Waals surface area (Å²) < 4.78 is 5.99. The highest BCUT2D eigenvalue weighted by Crippen LogP contribution is 2.28. The molecule has 0 aliphatic carbocycles. The van der Waals surface area contributed by atoms with E-state index in [-0.39, 0.29) is 6.10 Å². The Bertz CT molecular complexity index is 566. The Balaban J connectivity index is 1.58. The maximum Gasteiger partial charge on any atom is 0.123 e. The molecule has 21 heavy (non-hydrogen) atoms. The van der Waals surface area contributed by atoms with Gasteiger partial charge in [-0.15, -0.1) is 0 Å². The minimum absolute atomic E-state index is 0.252. The molecule has 2 atom stereocenters. The molecule has 0 saturated carbocycles. The maximum absolute atomic E-state index is 5.99. The first kappa shape index (κ1) is 14.2. The van der Waals surface area contributed by atoms with Crippen LogP contribution in [0, 0.1) is 6.92 Å². The number of hydrogen-bond acceptors (Lipinski definition) is 2. The Morgan fingerprint density at radius 3 is 2.62 bits per heavy atom. The SMILES string of the molecule is CCC(NCC1Cc2ccccc2O1)c1ccc(C)cc1. The topological polar surface area (TPSA) is 21.3 Å². The second kappa shape index (κ2) is 6.31. The highest BCUT2D eigenvalue weighted by molar-refractivity contribution is 5.37. The normalized spacial score (nSPS) is 18.1. The molecule has 0 saturated heterocycles. The van der Waals surface area contributed by atoms with Crippen molar-refractivity contribution in [1.82, 2.24) is 5.32 Å². The van der Waals surface area contributed by atoms with Gasteiger partial charge in [0.2, 0.25) is 0 Å². The zero-order valence-corrected chi connectivity index (χ0v) is 12.8. The van der Waals surface area contributed by atoms with E-state index in [9.17, 15) is 0 Å². The van der Waals surface area contributed by atoms with E-state index >= 15 is 0 Å². The van der Waals surface area contributed by atoms with Gasteiger partial charge in [-0.05, 0) is 30.5 Å². The second-order valence-electron chi connectivity index (χ2n) is 5.83. The summed E-state index contributed by atoms with van der Waals surface area (Å²) in [7, 11) is 0. The lowest BCUT2D eigenvalue weighted by Gasteiger charge is -2.20. The smallest absolute Gasteiger partial charge is 0.123 e. The number of fused-ring (bicyclic) bond motifs is 1. The van der Waals surface area contributed by atoms with Crippen LogP contribution in [0.3, 0.4) is 0 Å². The molecule has 1 heterocycles. The van der Waals surface area contributed by atoms with E-state index in [0.29, 0.717) is 6.04 Å². The molecule has 110 valence electrons. The molecule has 0 spiro atoms. The van der Waals surface area contributed by atoms with E-state index in [2.05, 4.69) is 61.6 Å². The van der Waals surface area contributed by atoms with Gasteiger partial charge in [-0.3, -0.25) is 0 Å². The van der Waals surface area contributed by atoms with Crippen LogP contribution in [0.25, 0.3) is 0 Å². The van der Waals surface area contributed by atoms with Crippen LogP contribution in [0.5, 0.6) is 5.75 Å². The van der Waals surface area contributed by atoms with Crippen LogP contribution >= 0.6 is 0 Å². The molecule has 2 heteroatoms. The Labute approximate surface area is 127 Å². The number of para-hydroxylation sites is 1. The van der Waals surface area contributed by atoms with E-state index in [0.717, 1.165) is 25.1 Å². The highest BCUT2D eigenvalue weighted by Gasteiger charge is 2.22. The summed E-state index contributed by atoms with van der Waals surface area (Å²) in [4.78, 5) is 0. The fourth-order valence-electron chi connectivity index (χ4n) is 2.94. The van der Waals surface area contributed by atoms with E-state index in [1.54, 1.807) is 0 Å². The summed E-state index contributed by atoms with van der Waals surface area (Å²) in [6.45, 7) is 5.24. The number of rotatable bonds is 5. The molecule has 2 unspecified atom stereocenters. The van der Waals surface area contributed by atoms with Crippen molar-refractivity contribution in [2.45, 2.75) is 38.8 Å². The number of ether oxygens (including phenoxy) is 1. The van der Waals surface area contributed by atoms with Gasteiger partial charge in [0.15, 0.2) is 0 Å². The van der Waals surface area contributed by atoms with Gasteiger partial charge in [-0.2, -0.15) is 0 Å². The molecule has 0 aromatic heterocycles. The van der Waals surface area contributed by atoms with Crippen LogP contribution in [0.2, 0.25) is 0 Å². The van der Waals surface area contributed by atoms with Crippen molar-refractivity contribution >= 4 is 0 Å². The summed E-state index contributed by atoms with van der Waals surface area (Å²) in [5.41, 5.74) is 3.99. The molecule has 0 radical (unpaired) electrons. The minimum Gasteiger partial charge on any atom is -0.488 e. The average molecular weight is 281 g/mol. The molecular weight excluding hydrogens is 258 g/mol. The lowest BCUT2D eigenvalue weighted by atomic mass is 10.0. The van der Waals surface area contributed by atoms with E-state index < -0.39 is 0 Å². The van der Waals surface area contributed by atoms with Crippen LogP contribution in [-0.2, 0) is 6.42 Å².